The van der Waals surface area contributed by atoms with Gasteiger partial charge in [-0.1, -0.05) is 71.1 Å². The zero-order valence-electron chi connectivity index (χ0n) is 20.0. The molecule has 1 unspecified atom stereocenters. The van der Waals surface area contributed by atoms with Crippen LogP contribution in [0.5, 0.6) is 0 Å². The molecule has 0 aromatic carbocycles. The lowest BCUT2D eigenvalue weighted by molar-refractivity contribution is -0.890. The molecule has 1 amide bonds. The van der Waals surface area contributed by atoms with Crippen molar-refractivity contribution in [1.82, 2.24) is 5.32 Å². The van der Waals surface area contributed by atoms with Crippen LogP contribution >= 0.6 is 0 Å². The third kappa shape index (κ3) is 9.40. The van der Waals surface area contributed by atoms with Gasteiger partial charge in [-0.05, 0) is 43.9 Å². The Balaban J connectivity index is 1.43. The average Bonchev–Trinajstić information content (AvgIpc) is 3.30. The quantitative estimate of drug-likeness (QED) is 0.235. The van der Waals surface area contributed by atoms with Crippen LogP contribution in [0.2, 0.25) is 0 Å². The highest BCUT2D eigenvalue weighted by atomic mass is 16.1. The Morgan fingerprint density at radius 1 is 0.793 bits per heavy atom. The van der Waals surface area contributed by atoms with E-state index in [0.29, 0.717) is 17.7 Å². The first kappa shape index (κ1) is 24.7. The maximum absolute atomic E-state index is 12.6. The molecule has 2 saturated carbocycles. The first-order chi connectivity index (χ1) is 14.0. The van der Waals surface area contributed by atoms with Crippen LogP contribution in [0.4, 0.5) is 0 Å². The van der Waals surface area contributed by atoms with Crippen LogP contribution in [0.15, 0.2) is 0 Å². The summed E-state index contributed by atoms with van der Waals surface area (Å²) in [6, 6.07) is 0. The molecule has 0 aromatic rings. The Kier molecular flexibility index (Phi) is 11.6. The third-order valence-corrected chi connectivity index (χ3v) is 7.78. The van der Waals surface area contributed by atoms with Gasteiger partial charge in [-0.15, -0.1) is 0 Å². The van der Waals surface area contributed by atoms with Crippen LogP contribution in [0.25, 0.3) is 0 Å². The van der Waals surface area contributed by atoms with Crippen molar-refractivity contribution >= 4 is 5.91 Å². The van der Waals surface area contributed by atoms with Gasteiger partial charge in [0, 0.05) is 18.9 Å². The van der Waals surface area contributed by atoms with Crippen molar-refractivity contribution in [2.45, 2.75) is 110 Å². The molecule has 3 heteroatoms. The molecule has 0 heterocycles. The maximum Gasteiger partial charge on any atom is 0.223 e. The summed E-state index contributed by atoms with van der Waals surface area (Å²) in [6.07, 6.45) is 21.7. The van der Waals surface area contributed by atoms with Crippen molar-refractivity contribution in [2.75, 3.05) is 33.7 Å². The van der Waals surface area contributed by atoms with Crippen molar-refractivity contribution in [3.8, 4) is 0 Å². The molecule has 2 fully saturated rings. The number of quaternary nitrogens is 1. The minimum Gasteiger partial charge on any atom is -0.356 e. The molecule has 2 aliphatic rings. The molecule has 170 valence electrons. The van der Waals surface area contributed by atoms with Gasteiger partial charge in [0.1, 0.15) is 0 Å². The van der Waals surface area contributed by atoms with E-state index in [0.717, 1.165) is 29.8 Å². The third-order valence-electron chi connectivity index (χ3n) is 7.78. The largest absolute Gasteiger partial charge is 0.356 e. The summed E-state index contributed by atoms with van der Waals surface area (Å²) < 4.78 is 1.10. The number of carbonyl (C=O) groups excluding carboxylic acids is 1. The second kappa shape index (κ2) is 13.7. The Morgan fingerprint density at radius 2 is 1.41 bits per heavy atom. The molecule has 29 heavy (non-hydrogen) atoms. The first-order valence-corrected chi connectivity index (χ1v) is 13.1. The first-order valence-electron chi connectivity index (χ1n) is 13.1. The van der Waals surface area contributed by atoms with E-state index in [2.05, 4.69) is 26.3 Å². The molecule has 3 nitrogen and oxygen atoms in total. The summed E-state index contributed by atoms with van der Waals surface area (Å²) in [5.74, 6) is 2.26. The summed E-state index contributed by atoms with van der Waals surface area (Å²) in [4.78, 5) is 12.6. The highest BCUT2D eigenvalue weighted by Gasteiger charge is 2.42. The standard InChI is InChI=1S/C26H50N2O/c1-4-5-6-7-8-9-10-11-12-13-21-28(2,3)22-15-20-27-26(29)25-19-18-23-16-14-17-24(23)25/h23-25H,4-22H2,1-3H3/p+1/t23-,24-,25?/m1/s1. The average molecular weight is 408 g/mol. The minimum atomic E-state index is 0.330. The molecule has 0 radical (unpaired) electrons. The number of carbonyl (C=O) groups is 1. The topological polar surface area (TPSA) is 29.1 Å². The molecule has 3 atom stereocenters. The zero-order chi connectivity index (χ0) is 21.0. The van der Waals surface area contributed by atoms with Crippen molar-refractivity contribution in [2.24, 2.45) is 17.8 Å². The van der Waals surface area contributed by atoms with E-state index in [-0.39, 0.29) is 0 Å². The molecule has 0 bridgehead atoms. The van der Waals surface area contributed by atoms with Gasteiger partial charge in [0.05, 0.1) is 27.2 Å². The smallest absolute Gasteiger partial charge is 0.223 e. The van der Waals surface area contributed by atoms with Crippen molar-refractivity contribution in [3.63, 3.8) is 0 Å². The van der Waals surface area contributed by atoms with E-state index < -0.39 is 0 Å². The lowest BCUT2D eigenvalue weighted by Gasteiger charge is -2.30. The molecular weight excluding hydrogens is 356 g/mol. The molecule has 0 saturated heterocycles. The Bertz CT molecular complexity index is 448. The molecule has 0 aliphatic heterocycles. The molecule has 2 rings (SSSR count). The van der Waals surface area contributed by atoms with Crippen LogP contribution < -0.4 is 5.32 Å². The van der Waals surface area contributed by atoms with E-state index in [1.165, 1.54) is 103 Å². The molecule has 1 N–H and O–H groups in total. The molecular formula is C26H51N2O+. The lowest BCUT2D eigenvalue weighted by atomic mass is 9.91. The zero-order valence-corrected chi connectivity index (χ0v) is 20.0. The number of nitrogens with one attached hydrogen (secondary N) is 1. The number of hydrogen-bond donors (Lipinski definition) is 1. The van der Waals surface area contributed by atoms with Crippen LogP contribution in [-0.2, 0) is 4.79 Å². The van der Waals surface area contributed by atoms with Gasteiger partial charge in [-0.25, -0.2) is 0 Å². The monoisotopic (exact) mass is 407 g/mol. The fourth-order valence-corrected chi connectivity index (χ4v) is 5.88. The van der Waals surface area contributed by atoms with Gasteiger partial charge >= 0.3 is 0 Å². The van der Waals surface area contributed by atoms with Crippen molar-refractivity contribution in [1.29, 1.82) is 0 Å². The van der Waals surface area contributed by atoms with E-state index in [4.69, 9.17) is 0 Å². The van der Waals surface area contributed by atoms with E-state index in [9.17, 15) is 4.79 Å². The molecule has 0 spiro atoms. The highest BCUT2D eigenvalue weighted by Crippen LogP contribution is 2.47. The predicted octanol–water partition coefficient (Wildman–Crippen LogP) is 6.32. The van der Waals surface area contributed by atoms with Gasteiger partial charge in [0.2, 0.25) is 5.91 Å². The number of amides is 1. The highest BCUT2D eigenvalue weighted by molar-refractivity contribution is 5.79. The van der Waals surface area contributed by atoms with Crippen LogP contribution in [0.3, 0.4) is 0 Å². The molecule has 0 aromatic heterocycles. The van der Waals surface area contributed by atoms with Crippen molar-refractivity contribution < 1.29 is 9.28 Å². The number of rotatable bonds is 16. The van der Waals surface area contributed by atoms with Crippen molar-refractivity contribution in [3.05, 3.63) is 0 Å². The van der Waals surface area contributed by atoms with Gasteiger partial charge in [-0.3, -0.25) is 4.79 Å². The van der Waals surface area contributed by atoms with E-state index in [1.807, 2.05) is 0 Å². The summed E-state index contributed by atoms with van der Waals surface area (Å²) in [5, 5.41) is 3.27. The molecule has 2 aliphatic carbocycles. The Morgan fingerprint density at radius 3 is 2.10 bits per heavy atom. The summed E-state index contributed by atoms with van der Waals surface area (Å²) in [7, 11) is 4.71. The predicted molar refractivity (Wildman–Crippen MR) is 125 cm³/mol. The SMILES string of the molecule is CCCCCCCCCCCC[N+](C)(C)CCCNC(=O)C1CC[C@H]2CCC[C@@H]12. The number of fused-ring (bicyclic) bond motifs is 1. The fourth-order valence-electron chi connectivity index (χ4n) is 5.88. The summed E-state index contributed by atoms with van der Waals surface area (Å²) in [6.45, 7) is 5.61. The van der Waals surface area contributed by atoms with Gasteiger partial charge < -0.3 is 9.80 Å². The fraction of sp³-hybridized carbons (Fsp3) is 0.962. The van der Waals surface area contributed by atoms with Crippen LogP contribution in [0.1, 0.15) is 110 Å². The Hall–Kier alpha value is -0.570. The second-order valence-electron chi connectivity index (χ2n) is 10.7. The van der Waals surface area contributed by atoms with Gasteiger partial charge in [0.25, 0.3) is 0 Å². The number of hydrogen-bond acceptors (Lipinski definition) is 1. The normalized spacial score (nSPS) is 24.0. The second-order valence-corrected chi connectivity index (χ2v) is 10.7. The van der Waals surface area contributed by atoms with E-state index in [1.54, 1.807) is 0 Å². The summed E-state index contributed by atoms with van der Waals surface area (Å²) >= 11 is 0. The van der Waals surface area contributed by atoms with Gasteiger partial charge in [0.15, 0.2) is 0 Å². The summed E-state index contributed by atoms with van der Waals surface area (Å²) in [5.41, 5.74) is 0. The lowest BCUT2D eigenvalue weighted by Crippen LogP contribution is -2.43. The van der Waals surface area contributed by atoms with Crippen LogP contribution in [0, 0.1) is 17.8 Å². The van der Waals surface area contributed by atoms with Gasteiger partial charge in [-0.2, -0.15) is 0 Å². The Labute approximate surface area is 182 Å². The van der Waals surface area contributed by atoms with Crippen LogP contribution in [-0.4, -0.2) is 44.1 Å². The van der Waals surface area contributed by atoms with E-state index >= 15 is 0 Å². The maximum atomic E-state index is 12.6. The number of unbranched alkanes of at least 4 members (excludes halogenated alkanes) is 9. The number of nitrogens with zero attached hydrogens (tertiary/aromatic N) is 1. The minimum absolute atomic E-state index is 0.330.